The minimum atomic E-state index is -0.471. The number of nitrogens with zero attached hydrogens (tertiary/aromatic N) is 1. The second-order valence-electron chi connectivity index (χ2n) is 3.47. The van der Waals surface area contributed by atoms with Crippen molar-refractivity contribution in [1.82, 2.24) is 5.43 Å². The molecule has 0 bridgehead atoms. The van der Waals surface area contributed by atoms with E-state index in [0.717, 1.165) is 4.88 Å². The van der Waals surface area contributed by atoms with Crippen LogP contribution in [0.5, 0.6) is 0 Å². The molecular weight excluding hydrogens is 305 g/mol. The zero-order valence-corrected chi connectivity index (χ0v) is 12.0. The third kappa shape index (κ3) is 4.27. The molecule has 2 rings (SSSR count). The molecule has 1 aromatic carbocycles. The maximum Gasteiger partial charge on any atom is 0.191 e. The average molecular weight is 314 g/mol. The van der Waals surface area contributed by atoms with E-state index in [1.54, 1.807) is 17.6 Å². The Morgan fingerprint density at radius 2 is 2.26 bits per heavy atom. The summed E-state index contributed by atoms with van der Waals surface area (Å²) >= 11 is 12.3. The molecule has 0 atom stereocenters. The predicted molar refractivity (Wildman–Crippen MR) is 82.7 cm³/mol. The van der Waals surface area contributed by atoms with Crippen LogP contribution in [0.25, 0.3) is 0 Å². The van der Waals surface area contributed by atoms with Gasteiger partial charge in [0.1, 0.15) is 5.82 Å². The van der Waals surface area contributed by atoms with Crippen molar-refractivity contribution in [2.45, 2.75) is 0 Å². The normalized spacial score (nSPS) is 10.6. The van der Waals surface area contributed by atoms with Gasteiger partial charge in [-0.15, -0.1) is 11.3 Å². The minimum Gasteiger partial charge on any atom is -0.331 e. The quantitative estimate of drug-likeness (QED) is 0.513. The van der Waals surface area contributed by atoms with Gasteiger partial charge < -0.3 is 5.32 Å². The molecule has 7 heteroatoms. The molecule has 1 heterocycles. The zero-order valence-electron chi connectivity index (χ0n) is 9.56. The summed E-state index contributed by atoms with van der Waals surface area (Å²) in [6.07, 6.45) is 1.66. The van der Waals surface area contributed by atoms with E-state index in [-0.39, 0.29) is 5.02 Å². The third-order valence-electron chi connectivity index (χ3n) is 2.08. The van der Waals surface area contributed by atoms with E-state index in [0.29, 0.717) is 10.8 Å². The first-order valence-electron chi connectivity index (χ1n) is 5.24. The summed E-state index contributed by atoms with van der Waals surface area (Å²) < 4.78 is 13.0. The summed E-state index contributed by atoms with van der Waals surface area (Å²) in [6.45, 7) is 0. The molecule has 2 N–H and O–H groups in total. The highest BCUT2D eigenvalue weighted by Gasteiger charge is 2.01. The molecule has 0 unspecified atom stereocenters. The van der Waals surface area contributed by atoms with Crippen LogP contribution in [0.3, 0.4) is 0 Å². The first kappa shape index (κ1) is 13.9. The molecule has 0 fully saturated rings. The van der Waals surface area contributed by atoms with Gasteiger partial charge in [-0.1, -0.05) is 17.7 Å². The molecule has 0 radical (unpaired) electrons. The standard InChI is InChI=1S/C12H9ClFN3S2/c13-10-6-8(3-4-11(10)14)16-12(18)17-15-7-9-2-1-5-19-9/h1-7H,(H2,16,17,18)/b15-7+. The number of rotatable bonds is 3. The maximum absolute atomic E-state index is 13.0. The third-order valence-corrected chi connectivity index (χ3v) is 3.37. The first-order valence-corrected chi connectivity index (χ1v) is 6.90. The number of anilines is 1. The van der Waals surface area contributed by atoms with Gasteiger partial charge in [-0.3, -0.25) is 5.43 Å². The maximum atomic E-state index is 13.0. The predicted octanol–water partition coefficient (Wildman–Crippen LogP) is 3.86. The lowest BCUT2D eigenvalue weighted by atomic mass is 10.3. The largest absolute Gasteiger partial charge is 0.331 e. The number of thiophene rings is 1. The highest BCUT2D eigenvalue weighted by molar-refractivity contribution is 7.80. The van der Waals surface area contributed by atoms with Crippen molar-refractivity contribution >= 4 is 52.2 Å². The van der Waals surface area contributed by atoms with Gasteiger partial charge in [0.2, 0.25) is 0 Å². The number of halogens is 2. The van der Waals surface area contributed by atoms with E-state index in [1.165, 1.54) is 18.2 Å². The fourth-order valence-electron chi connectivity index (χ4n) is 1.25. The van der Waals surface area contributed by atoms with Crippen molar-refractivity contribution in [3.8, 4) is 0 Å². The van der Waals surface area contributed by atoms with Crippen molar-refractivity contribution in [2.24, 2.45) is 5.10 Å². The van der Waals surface area contributed by atoms with Crippen LogP contribution in [0.15, 0.2) is 40.8 Å². The van der Waals surface area contributed by atoms with Crippen molar-refractivity contribution in [3.05, 3.63) is 51.4 Å². The Bertz CT molecular complexity index is 599. The number of hydrazone groups is 1. The summed E-state index contributed by atoms with van der Waals surface area (Å²) in [5.74, 6) is -0.471. The fraction of sp³-hybridized carbons (Fsp3) is 0. The van der Waals surface area contributed by atoms with Crippen LogP contribution in [-0.4, -0.2) is 11.3 Å². The van der Waals surface area contributed by atoms with Crippen LogP contribution >= 0.6 is 35.2 Å². The summed E-state index contributed by atoms with van der Waals surface area (Å²) in [5.41, 5.74) is 3.26. The van der Waals surface area contributed by atoms with Crippen LogP contribution in [0.1, 0.15) is 4.88 Å². The minimum absolute atomic E-state index is 0.0369. The van der Waals surface area contributed by atoms with Crippen molar-refractivity contribution in [2.75, 3.05) is 5.32 Å². The molecule has 98 valence electrons. The van der Waals surface area contributed by atoms with Gasteiger partial charge in [0.05, 0.1) is 11.2 Å². The molecule has 3 nitrogen and oxygen atoms in total. The Kier molecular flexibility index (Phi) is 4.84. The van der Waals surface area contributed by atoms with Gasteiger partial charge >= 0.3 is 0 Å². The lowest BCUT2D eigenvalue weighted by Crippen LogP contribution is -2.23. The second-order valence-corrected chi connectivity index (χ2v) is 5.26. The van der Waals surface area contributed by atoms with Crippen molar-refractivity contribution in [1.29, 1.82) is 0 Å². The number of thiocarbonyl (C=S) groups is 1. The van der Waals surface area contributed by atoms with E-state index in [4.69, 9.17) is 23.8 Å². The van der Waals surface area contributed by atoms with Gasteiger partial charge in [-0.05, 0) is 41.9 Å². The molecule has 0 spiro atoms. The average Bonchev–Trinajstić information content (AvgIpc) is 2.87. The first-order chi connectivity index (χ1) is 9.15. The van der Waals surface area contributed by atoms with Crippen LogP contribution in [0.2, 0.25) is 5.02 Å². The second kappa shape index (κ2) is 6.60. The summed E-state index contributed by atoms with van der Waals surface area (Å²) in [7, 11) is 0. The van der Waals surface area contributed by atoms with E-state index in [9.17, 15) is 4.39 Å². The van der Waals surface area contributed by atoms with Crippen LogP contribution in [-0.2, 0) is 0 Å². The van der Waals surface area contributed by atoms with Crippen LogP contribution in [0.4, 0.5) is 10.1 Å². The molecule has 0 saturated carbocycles. The number of hydrogen-bond donors (Lipinski definition) is 2. The van der Waals surface area contributed by atoms with Crippen molar-refractivity contribution < 1.29 is 4.39 Å². The summed E-state index contributed by atoms with van der Waals surface area (Å²) in [6, 6.07) is 8.13. The molecule has 0 aliphatic carbocycles. The molecule has 2 aromatic rings. The smallest absolute Gasteiger partial charge is 0.191 e. The van der Waals surface area contributed by atoms with Gasteiger partial charge in [-0.2, -0.15) is 5.10 Å². The Balaban J connectivity index is 1.89. The molecule has 0 amide bonds. The molecule has 0 aliphatic heterocycles. The molecule has 0 saturated heterocycles. The van der Waals surface area contributed by atoms with Crippen molar-refractivity contribution in [3.63, 3.8) is 0 Å². The van der Waals surface area contributed by atoms with Gasteiger partial charge in [0.15, 0.2) is 5.11 Å². The van der Waals surface area contributed by atoms with E-state index in [1.807, 2.05) is 17.5 Å². The highest BCUT2D eigenvalue weighted by atomic mass is 35.5. The Morgan fingerprint density at radius 3 is 2.95 bits per heavy atom. The Morgan fingerprint density at radius 1 is 1.42 bits per heavy atom. The zero-order chi connectivity index (χ0) is 13.7. The number of hydrogen-bond acceptors (Lipinski definition) is 3. The monoisotopic (exact) mass is 313 g/mol. The highest BCUT2D eigenvalue weighted by Crippen LogP contribution is 2.19. The topological polar surface area (TPSA) is 36.4 Å². The SMILES string of the molecule is Fc1ccc(NC(=S)N/N=C/c2cccs2)cc1Cl. The van der Waals surface area contributed by atoms with Gasteiger partial charge in [-0.25, -0.2) is 4.39 Å². The fourth-order valence-corrected chi connectivity index (χ4v) is 2.19. The lowest BCUT2D eigenvalue weighted by molar-refractivity contribution is 0.628. The van der Waals surface area contributed by atoms with E-state index in [2.05, 4.69) is 15.8 Å². The molecule has 19 heavy (non-hydrogen) atoms. The number of nitrogens with one attached hydrogen (secondary N) is 2. The molecular formula is C12H9ClFN3S2. The molecule has 1 aromatic heterocycles. The van der Waals surface area contributed by atoms with Crippen LogP contribution < -0.4 is 10.7 Å². The Labute approximate surface area is 124 Å². The molecule has 0 aliphatic rings. The Hall–Kier alpha value is -1.50. The van der Waals surface area contributed by atoms with E-state index >= 15 is 0 Å². The lowest BCUT2D eigenvalue weighted by Gasteiger charge is -2.07. The van der Waals surface area contributed by atoms with E-state index < -0.39 is 5.82 Å². The van der Waals surface area contributed by atoms with Crippen LogP contribution in [0, 0.1) is 5.82 Å². The van der Waals surface area contributed by atoms with Gasteiger partial charge in [0, 0.05) is 10.6 Å². The number of benzene rings is 1. The van der Waals surface area contributed by atoms with Gasteiger partial charge in [0.25, 0.3) is 0 Å². The summed E-state index contributed by atoms with van der Waals surface area (Å²) in [5, 5.41) is 9.12. The summed E-state index contributed by atoms with van der Waals surface area (Å²) in [4.78, 5) is 1.01.